The van der Waals surface area contributed by atoms with Crippen molar-refractivity contribution in [3.63, 3.8) is 0 Å². The van der Waals surface area contributed by atoms with Gasteiger partial charge in [-0.15, -0.1) is 0 Å². The van der Waals surface area contributed by atoms with Crippen LogP contribution >= 0.6 is 15.9 Å². The van der Waals surface area contributed by atoms with Gasteiger partial charge in [0, 0.05) is 4.47 Å². The van der Waals surface area contributed by atoms with E-state index in [0.29, 0.717) is 21.7 Å². The molecule has 6 saturated carbocycles. The van der Waals surface area contributed by atoms with E-state index in [1.54, 1.807) is 22.3 Å². The van der Waals surface area contributed by atoms with Gasteiger partial charge in [0.05, 0.1) is 0 Å². The van der Waals surface area contributed by atoms with Crippen molar-refractivity contribution in [2.24, 2.45) is 0 Å². The zero-order valence-corrected chi connectivity index (χ0v) is 25.8. The molecule has 208 valence electrons. The molecule has 0 N–H and O–H groups in total. The minimum Gasteiger partial charge on any atom is -0.0622 e. The summed E-state index contributed by atoms with van der Waals surface area (Å²) in [5.74, 6) is 0. The van der Waals surface area contributed by atoms with Crippen LogP contribution in [0.5, 0.6) is 0 Å². The van der Waals surface area contributed by atoms with E-state index in [2.05, 4.69) is 119 Å². The van der Waals surface area contributed by atoms with E-state index in [9.17, 15) is 0 Å². The Bertz CT molecular complexity index is 1480. The second-order valence-electron chi connectivity index (χ2n) is 14.1. The number of fused-ring (bicyclic) bond motifs is 6. The maximum atomic E-state index is 3.62. The summed E-state index contributed by atoms with van der Waals surface area (Å²) >= 11 is 3.62. The summed E-state index contributed by atoms with van der Waals surface area (Å²) in [5.41, 5.74) is 10.6. The molecule has 0 heterocycles. The molecule has 0 atom stereocenters. The Morgan fingerprint density at radius 1 is 0.317 bits per heavy atom. The van der Waals surface area contributed by atoms with E-state index in [0.717, 1.165) is 0 Å². The molecule has 4 aromatic carbocycles. The molecule has 0 radical (unpaired) electrons. The highest BCUT2D eigenvalue weighted by Crippen LogP contribution is 2.60. The van der Waals surface area contributed by atoms with Crippen LogP contribution in [0.25, 0.3) is 11.1 Å². The topological polar surface area (TPSA) is 0 Å². The summed E-state index contributed by atoms with van der Waals surface area (Å²) < 4.78 is 1.19. The summed E-state index contributed by atoms with van der Waals surface area (Å²) in [6, 6.07) is 40.0. The van der Waals surface area contributed by atoms with Gasteiger partial charge in [0.1, 0.15) is 0 Å². The van der Waals surface area contributed by atoms with Crippen molar-refractivity contribution in [2.45, 2.75) is 98.7 Å². The molecule has 6 fully saturated rings. The molecule has 0 amide bonds. The predicted octanol–water partition coefficient (Wildman–Crippen LogP) is 11.2. The molecule has 10 rings (SSSR count). The molecule has 6 aliphatic rings. The molecule has 0 nitrogen and oxygen atoms in total. The minimum atomic E-state index is 0.385. The van der Waals surface area contributed by atoms with E-state index in [-0.39, 0.29) is 0 Å². The van der Waals surface area contributed by atoms with E-state index in [1.807, 2.05) is 0 Å². The van der Waals surface area contributed by atoms with Gasteiger partial charge in [0.15, 0.2) is 0 Å². The Morgan fingerprint density at radius 3 is 0.902 bits per heavy atom. The van der Waals surface area contributed by atoms with Gasteiger partial charge >= 0.3 is 0 Å². The van der Waals surface area contributed by atoms with Crippen LogP contribution in [0, 0.1) is 0 Å². The molecule has 0 spiro atoms. The summed E-state index contributed by atoms with van der Waals surface area (Å²) in [7, 11) is 0. The van der Waals surface area contributed by atoms with Crippen LogP contribution in [-0.2, 0) is 21.7 Å². The van der Waals surface area contributed by atoms with Gasteiger partial charge in [-0.3, -0.25) is 0 Å². The van der Waals surface area contributed by atoms with Crippen LogP contribution in [0.3, 0.4) is 0 Å². The van der Waals surface area contributed by atoms with Crippen LogP contribution in [0.1, 0.15) is 99.3 Å². The van der Waals surface area contributed by atoms with E-state index >= 15 is 0 Å². The fourth-order valence-electron chi connectivity index (χ4n) is 9.73. The van der Waals surface area contributed by atoms with Crippen molar-refractivity contribution in [1.29, 1.82) is 0 Å². The third-order valence-corrected chi connectivity index (χ3v) is 13.2. The number of benzene rings is 4. The lowest BCUT2D eigenvalue weighted by Gasteiger charge is -2.54. The summed E-state index contributed by atoms with van der Waals surface area (Å²) in [6.07, 6.45) is 16.0. The van der Waals surface area contributed by atoms with Gasteiger partial charge in [-0.1, -0.05) is 107 Å². The van der Waals surface area contributed by atoms with Crippen LogP contribution in [-0.4, -0.2) is 0 Å². The number of hydrogen-bond acceptors (Lipinski definition) is 0. The van der Waals surface area contributed by atoms with Gasteiger partial charge in [-0.25, -0.2) is 0 Å². The quantitative estimate of drug-likeness (QED) is 0.213. The van der Waals surface area contributed by atoms with Gasteiger partial charge in [0.2, 0.25) is 0 Å². The summed E-state index contributed by atoms with van der Waals surface area (Å²) in [5, 5.41) is 0. The molecule has 4 bridgehead atoms. The summed E-state index contributed by atoms with van der Waals surface area (Å²) in [6.45, 7) is 0. The van der Waals surface area contributed by atoms with Gasteiger partial charge in [-0.05, 0) is 144 Å². The van der Waals surface area contributed by atoms with Gasteiger partial charge < -0.3 is 0 Å². The van der Waals surface area contributed by atoms with Crippen molar-refractivity contribution >= 4 is 15.9 Å². The highest BCUT2D eigenvalue weighted by Gasteiger charge is 2.51. The average molecular weight is 602 g/mol. The standard InChI is InChI=1S/C40H41Br/c41-36-16-14-35(15-17-36)40-27-24-39(25-28-40,26-29-40)34-12-8-31(9-13-34)30-6-10-33(11-7-30)38-21-18-37(19-22-38,20-23-38)32-4-2-1-3-5-32/h1-17H,18-29H2. The van der Waals surface area contributed by atoms with E-state index < -0.39 is 0 Å². The maximum absolute atomic E-state index is 3.62. The van der Waals surface area contributed by atoms with E-state index in [1.165, 1.54) is 92.6 Å². The first-order valence-electron chi connectivity index (χ1n) is 16.1. The van der Waals surface area contributed by atoms with Crippen molar-refractivity contribution in [3.05, 3.63) is 130 Å². The lowest BCUT2D eigenvalue weighted by Crippen LogP contribution is -2.46. The fraction of sp³-hybridized carbons (Fsp3) is 0.400. The molecule has 0 aliphatic heterocycles. The molecule has 0 aromatic heterocycles. The predicted molar refractivity (Wildman–Crippen MR) is 175 cm³/mol. The zero-order chi connectivity index (χ0) is 27.5. The highest BCUT2D eigenvalue weighted by atomic mass is 79.9. The Hall–Kier alpha value is -2.64. The van der Waals surface area contributed by atoms with Crippen molar-refractivity contribution in [1.82, 2.24) is 0 Å². The third-order valence-electron chi connectivity index (χ3n) is 12.7. The SMILES string of the molecule is Brc1ccc(C23CCC(c4ccc(-c5ccc(C67CCC(c8ccccc8)(CC6)CC7)cc5)cc4)(CC2)CC3)cc1. The lowest BCUT2D eigenvalue weighted by atomic mass is 9.50. The first-order valence-corrected chi connectivity index (χ1v) is 16.8. The summed E-state index contributed by atoms with van der Waals surface area (Å²) in [4.78, 5) is 0. The van der Waals surface area contributed by atoms with Crippen molar-refractivity contribution < 1.29 is 0 Å². The first kappa shape index (κ1) is 26.0. The molecule has 6 aliphatic carbocycles. The van der Waals surface area contributed by atoms with Gasteiger partial charge in [0.25, 0.3) is 0 Å². The second-order valence-corrected chi connectivity index (χ2v) is 15.1. The largest absolute Gasteiger partial charge is 0.0622 e. The number of hydrogen-bond donors (Lipinski definition) is 0. The van der Waals surface area contributed by atoms with Crippen LogP contribution in [0.4, 0.5) is 0 Å². The minimum absolute atomic E-state index is 0.385. The smallest absolute Gasteiger partial charge is 0.0175 e. The Labute approximate surface area is 254 Å². The molecule has 41 heavy (non-hydrogen) atoms. The van der Waals surface area contributed by atoms with E-state index in [4.69, 9.17) is 0 Å². The van der Waals surface area contributed by atoms with Crippen LogP contribution in [0.15, 0.2) is 108 Å². The number of rotatable bonds is 5. The fourth-order valence-corrected chi connectivity index (χ4v) is 10.00. The zero-order valence-electron chi connectivity index (χ0n) is 24.2. The highest BCUT2D eigenvalue weighted by molar-refractivity contribution is 9.10. The Kier molecular flexibility index (Phi) is 6.16. The normalized spacial score (nSPS) is 32.2. The van der Waals surface area contributed by atoms with Crippen LogP contribution < -0.4 is 0 Å². The lowest BCUT2D eigenvalue weighted by molar-refractivity contribution is 0.102. The molecular weight excluding hydrogens is 560 g/mol. The second kappa shape index (κ2) is 9.70. The molecule has 0 unspecified atom stereocenters. The molecule has 4 aromatic rings. The molecule has 0 saturated heterocycles. The number of halogens is 1. The molecule has 1 heteroatoms. The Balaban J connectivity index is 0.959. The average Bonchev–Trinajstić information content (AvgIpc) is 3.07. The van der Waals surface area contributed by atoms with Crippen LogP contribution in [0.2, 0.25) is 0 Å². The maximum Gasteiger partial charge on any atom is 0.0175 e. The monoisotopic (exact) mass is 600 g/mol. The molecular formula is C40H41Br. The van der Waals surface area contributed by atoms with Crippen molar-refractivity contribution in [2.75, 3.05) is 0 Å². The Morgan fingerprint density at radius 2 is 0.585 bits per heavy atom. The third kappa shape index (κ3) is 4.21. The first-order chi connectivity index (χ1) is 20.0. The van der Waals surface area contributed by atoms with Crippen molar-refractivity contribution in [3.8, 4) is 11.1 Å². The van der Waals surface area contributed by atoms with Gasteiger partial charge in [-0.2, -0.15) is 0 Å².